The number of quaternary nitrogens is 1. The average molecular weight is 511 g/mol. The van der Waals surface area contributed by atoms with Gasteiger partial charge >= 0.3 is 0 Å². The van der Waals surface area contributed by atoms with Crippen molar-refractivity contribution in [3.63, 3.8) is 0 Å². The van der Waals surface area contributed by atoms with Gasteiger partial charge in [0.05, 0.1) is 11.4 Å². The van der Waals surface area contributed by atoms with Crippen molar-refractivity contribution in [2.75, 3.05) is 0 Å². The second-order valence-electron chi connectivity index (χ2n) is 6.62. The van der Waals surface area contributed by atoms with Gasteiger partial charge in [0.25, 0.3) is 0 Å². The number of rotatable bonds is 4. The van der Waals surface area contributed by atoms with Crippen LogP contribution in [0.1, 0.15) is 11.1 Å². The molecule has 1 unspecified atom stereocenters. The van der Waals surface area contributed by atoms with Gasteiger partial charge in [0.1, 0.15) is 5.69 Å². The third-order valence-electron chi connectivity index (χ3n) is 4.63. The summed E-state index contributed by atoms with van der Waals surface area (Å²) >= 11 is 7.00. The van der Waals surface area contributed by atoms with E-state index in [4.69, 9.17) is 10.4 Å². The monoisotopic (exact) mass is 509 g/mol. The molecule has 1 heterocycles. The van der Waals surface area contributed by atoms with Crippen LogP contribution in [0.5, 0.6) is 0 Å². The second-order valence-corrected chi connectivity index (χ2v) is 8.45. The van der Waals surface area contributed by atoms with Crippen LogP contribution >= 0.6 is 31.9 Å². The van der Waals surface area contributed by atoms with Crippen LogP contribution in [0.2, 0.25) is 0 Å². The standard InChI is InChI=1S/C23H18Br2N4/c24-17-10-6-15(7-11-17)21-22(16-8-12-18(25)13-9-16)29-23(20(14-26)28-21)27-19-4-2-1-3-5-19/h1-14,20,26,28H,(H,27,29)/p+1. The molecule has 0 radical (unpaired) electrons. The van der Waals surface area contributed by atoms with Gasteiger partial charge < -0.3 is 10.7 Å². The number of nitrogens with zero attached hydrogens (tertiary/aromatic N) is 1. The number of halogens is 2. The zero-order valence-electron chi connectivity index (χ0n) is 15.4. The second kappa shape index (κ2) is 8.86. The number of nitrogens with two attached hydrogens (primary N) is 1. The van der Waals surface area contributed by atoms with Crippen LogP contribution < -0.4 is 10.6 Å². The molecule has 4 N–H and O–H groups in total. The van der Waals surface area contributed by atoms with E-state index in [-0.39, 0.29) is 6.04 Å². The first-order valence-corrected chi connectivity index (χ1v) is 10.7. The van der Waals surface area contributed by atoms with Crippen LogP contribution in [-0.4, -0.2) is 18.1 Å². The maximum atomic E-state index is 7.95. The first kappa shape index (κ1) is 19.8. The summed E-state index contributed by atoms with van der Waals surface area (Å²) in [6, 6.07) is 26.0. The van der Waals surface area contributed by atoms with Gasteiger partial charge in [-0.1, -0.05) is 74.3 Å². The number of benzene rings is 3. The smallest absolute Gasteiger partial charge is 0.233 e. The Bertz CT molecular complexity index is 1070. The van der Waals surface area contributed by atoms with Crippen LogP contribution in [0, 0.1) is 5.41 Å². The number of amidine groups is 1. The molecule has 0 saturated heterocycles. The predicted octanol–water partition coefficient (Wildman–Crippen LogP) is 4.95. The summed E-state index contributed by atoms with van der Waals surface area (Å²) in [4.78, 5) is 5.01. The Hall–Kier alpha value is -2.54. The van der Waals surface area contributed by atoms with Crippen LogP contribution in [0.4, 0.5) is 5.69 Å². The van der Waals surface area contributed by atoms with E-state index in [1.807, 2.05) is 84.2 Å². The van der Waals surface area contributed by atoms with Crippen molar-refractivity contribution in [3.05, 3.63) is 98.9 Å². The Balaban J connectivity index is 1.84. The van der Waals surface area contributed by atoms with E-state index in [1.54, 1.807) is 0 Å². The minimum atomic E-state index is -0.298. The molecular weight excluding hydrogens is 492 g/mol. The van der Waals surface area contributed by atoms with Crippen LogP contribution in [0.25, 0.3) is 11.4 Å². The molecule has 29 heavy (non-hydrogen) atoms. The molecule has 0 aliphatic carbocycles. The van der Waals surface area contributed by atoms with Crippen molar-refractivity contribution in [1.29, 1.82) is 5.41 Å². The van der Waals surface area contributed by atoms with Crippen LogP contribution in [0.15, 0.2) is 92.8 Å². The largest absolute Gasteiger partial charge is 0.365 e. The van der Waals surface area contributed by atoms with Gasteiger partial charge in [-0.25, -0.2) is 0 Å². The first-order chi connectivity index (χ1) is 14.1. The average Bonchev–Trinajstić information content (AvgIpc) is 2.75. The summed E-state index contributed by atoms with van der Waals surface area (Å²) in [5.74, 6) is 0.810. The Kier molecular flexibility index (Phi) is 6.04. The van der Waals surface area contributed by atoms with E-state index in [0.29, 0.717) is 0 Å². The third-order valence-corrected chi connectivity index (χ3v) is 5.68. The number of nitrogens with one attached hydrogen (secondary N) is 2. The molecule has 1 atom stereocenters. The molecule has 0 saturated carbocycles. The molecule has 0 fully saturated rings. The van der Waals surface area contributed by atoms with Crippen LogP contribution in [0.3, 0.4) is 0 Å². The van der Waals surface area contributed by atoms with Crippen molar-refractivity contribution < 1.29 is 5.32 Å². The lowest BCUT2D eigenvalue weighted by Crippen LogP contribution is -2.86. The minimum absolute atomic E-state index is 0.298. The van der Waals surface area contributed by atoms with Crippen molar-refractivity contribution in [3.8, 4) is 0 Å². The number of aliphatic imine (C=N–C) groups is 1. The summed E-state index contributed by atoms with van der Waals surface area (Å²) in [5, 5.41) is 13.5. The molecular formula is C23H19Br2N4+. The molecule has 3 aromatic carbocycles. The molecule has 3 aromatic rings. The highest BCUT2D eigenvalue weighted by Crippen LogP contribution is 2.30. The fourth-order valence-electron chi connectivity index (χ4n) is 3.17. The summed E-state index contributed by atoms with van der Waals surface area (Å²) in [6.07, 6.45) is 1.40. The van der Waals surface area contributed by atoms with Crippen molar-refractivity contribution >= 4 is 61.0 Å². The molecule has 6 heteroatoms. The van der Waals surface area contributed by atoms with Gasteiger partial charge in [-0.15, -0.1) is 0 Å². The number of para-hydroxylation sites is 1. The fourth-order valence-corrected chi connectivity index (χ4v) is 3.70. The Morgan fingerprint density at radius 1 is 0.828 bits per heavy atom. The lowest BCUT2D eigenvalue weighted by atomic mass is 10.0. The highest BCUT2D eigenvalue weighted by atomic mass is 79.9. The van der Waals surface area contributed by atoms with Gasteiger partial charge in [-0.05, 0) is 42.0 Å². The van der Waals surface area contributed by atoms with Gasteiger partial charge in [0.2, 0.25) is 5.84 Å². The maximum Gasteiger partial charge on any atom is 0.233 e. The van der Waals surface area contributed by atoms with E-state index in [1.165, 1.54) is 6.21 Å². The lowest BCUT2D eigenvalue weighted by molar-refractivity contribution is -0.446. The lowest BCUT2D eigenvalue weighted by Gasteiger charge is -2.25. The Labute approximate surface area is 186 Å². The SMILES string of the molecule is N=CC1NC(c2ccc(Br)cc2)=C(c2ccc(Br)cc2)N=C1[NH2+]c1ccccc1. The predicted molar refractivity (Wildman–Crippen MR) is 126 cm³/mol. The van der Waals surface area contributed by atoms with Gasteiger partial charge in [0.15, 0.2) is 6.04 Å². The normalized spacial score (nSPS) is 16.2. The zero-order valence-corrected chi connectivity index (χ0v) is 18.6. The molecule has 0 spiro atoms. The minimum Gasteiger partial charge on any atom is -0.365 e. The summed E-state index contributed by atoms with van der Waals surface area (Å²) < 4.78 is 2.04. The van der Waals surface area contributed by atoms with E-state index < -0.39 is 0 Å². The molecule has 144 valence electrons. The highest BCUT2D eigenvalue weighted by Gasteiger charge is 2.28. The van der Waals surface area contributed by atoms with Gasteiger partial charge in [0, 0.05) is 20.7 Å². The fraction of sp³-hybridized carbons (Fsp3) is 0.0435. The zero-order chi connectivity index (χ0) is 20.2. The van der Waals surface area contributed by atoms with Crippen LogP contribution in [-0.2, 0) is 0 Å². The quantitative estimate of drug-likeness (QED) is 0.337. The summed E-state index contributed by atoms with van der Waals surface area (Å²) in [7, 11) is 0. The van der Waals surface area contributed by atoms with Crippen molar-refractivity contribution in [1.82, 2.24) is 5.32 Å². The number of hydrogen-bond acceptors (Lipinski definition) is 3. The molecule has 0 bridgehead atoms. The van der Waals surface area contributed by atoms with E-state index in [0.717, 1.165) is 43.0 Å². The molecule has 0 aromatic heterocycles. The van der Waals surface area contributed by atoms with Crippen molar-refractivity contribution in [2.45, 2.75) is 6.04 Å². The molecule has 4 rings (SSSR count). The number of hydrogen-bond donors (Lipinski definition) is 3. The van der Waals surface area contributed by atoms with Crippen molar-refractivity contribution in [2.24, 2.45) is 4.99 Å². The van der Waals surface area contributed by atoms with Gasteiger partial charge in [-0.2, -0.15) is 4.99 Å². The molecule has 1 aliphatic rings. The molecule has 0 amide bonds. The van der Waals surface area contributed by atoms with Gasteiger partial charge in [-0.3, -0.25) is 5.32 Å². The topological polar surface area (TPSA) is 64.8 Å². The highest BCUT2D eigenvalue weighted by molar-refractivity contribution is 9.10. The van der Waals surface area contributed by atoms with E-state index in [2.05, 4.69) is 37.2 Å². The summed E-state index contributed by atoms with van der Waals surface area (Å²) in [5.41, 5.74) is 4.88. The molecule has 1 aliphatic heterocycles. The maximum absolute atomic E-state index is 7.95. The molecule has 4 nitrogen and oxygen atoms in total. The third kappa shape index (κ3) is 4.56. The Morgan fingerprint density at radius 2 is 1.41 bits per heavy atom. The summed E-state index contributed by atoms with van der Waals surface area (Å²) in [6.45, 7) is 0. The first-order valence-electron chi connectivity index (χ1n) is 9.16. The van der Waals surface area contributed by atoms with E-state index >= 15 is 0 Å². The van der Waals surface area contributed by atoms with E-state index in [9.17, 15) is 0 Å². The Morgan fingerprint density at radius 3 is 2.00 bits per heavy atom.